The van der Waals surface area contributed by atoms with Crippen molar-refractivity contribution in [1.29, 1.82) is 0 Å². The molecule has 1 fully saturated rings. The standard InChI is InChI=1S/C22H22N4O3S/c1-30(2,29)23-24-21(27)25-17-13-14-18(26(25)22(24)28)20(17)19(15-9-5-3-6-10-15)16-11-7-4-8-12-16/h3-12,17-18H,13-14H2,1-2H3/t17-,18+. The van der Waals surface area contributed by atoms with E-state index in [4.69, 9.17) is 0 Å². The van der Waals surface area contributed by atoms with Gasteiger partial charge in [0.2, 0.25) is 0 Å². The summed E-state index contributed by atoms with van der Waals surface area (Å²) in [6, 6.07) is 19.7. The van der Waals surface area contributed by atoms with Crippen LogP contribution >= 0.6 is 0 Å². The topological polar surface area (TPSA) is 78.4 Å². The highest BCUT2D eigenvalue weighted by Gasteiger charge is 2.47. The van der Waals surface area contributed by atoms with Crippen LogP contribution in [-0.2, 0) is 9.73 Å². The molecule has 1 saturated carbocycles. The van der Waals surface area contributed by atoms with E-state index < -0.39 is 21.1 Å². The van der Waals surface area contributed by atoms with Crippen molar-refractivity contribution < 1.29 is 4.21 Å². The number of nitrogens with zero attached hydrogens (tertiary/aromatic N) is 4. The van der Waals surface area contributed by atoms with Crippen molar-refractivity contribution in [1.82, 2.24) is 14.0 Å². The zero-order valence-electron chi connectivity index (χ0n) is 16.8. The van der Waals surface area contributed by atoms with Gasteiger partial charge in [0.05, 0.1) is 21.8 Å². The molecular formula is C22H22N4O3S. The molecule has 1 aliphatic carbocycles. The normalized spacial score (nSPS) is 19.7. The van der Waals surface area contributed by atoms with Gasteiger partial charge in [-0.1, -0.05) is 60.7 Å². The Morgan fingerprint density at radius 2 is 1.27 bits per heavy atom. The molecule has 0 saturated heterocycles. The minimum Gasteiger partial charge on any atom is -0.248 e. The fourth-order valence-electron chi connectivity index (χ4n) is 4.69. The van der Waals surface area contributed by atoms with E-state index in [-0.39, 0.29) is 12.1 Å². The lowest BCUT2D eigenvalue weighted by atomic mass is 9.90. The minimum atomic E-state index is -2.64. The van der Waals surface area contributed by atoms with E-state index in [2.05, 4.69) is 28.7 Å². The van der Waals surface area contributed by atoms with E-state index in [1.807, 2.05) is 36.4 Å². The summed E-state index contributed by atoms with van der Waals surface area (Å²) in [4.78, 5) is 26.1. The Morgan fingerprint density at radius 3 is 1.67 bits per heavy atom. The van der Waals surface area contributed by atoms with E-state index in [9.17, 15) is 13.8 Å². The van der Waals surface area contributed by atoms with Crippen LogP contribution in [-0.4, -0.2) is 30.8 Å². The van der Waals surface area contributed by atoms with Gasteiger partial charge in [0.1, 0.15) is 0 Å². The molecule has 8 heteroatoms. The maximum absolute atomic E-state index is 13.1. The minimum absolute atomic E-state index is 0.216. The van der Waals surface area contributed by atoms with Crippen molar-refractivity contribution in [3.8, 4) is 0 Å². The van der Waals surface area contributed by atoms with Crippen molar-refractivity contribution in [2.24, 2.45) is 4.47 Å². The number of fused-ring (bicyclic) bond motifs is 5. The predicted octanol–water partition coefficient (Wildman–Crippen LogP) is 2.69. The highest BCUT2D eigenvalue weighted by molar-refractivity contribution is 7.92. The van der Waals surface area contributed by atoms with Gasteiger partial charge in [-0.05, 0) is 35.1 Å². The summed E-state index contributed by atoms with van der Waals surface area (Å²) >= 11 is 0. The second kappa shape index (κ2) is 6.70. The third kappa shape index (κ3) is 2.82. The first-order valence-corrected chi connectivity index (χ1v) is 12.2. The molecule has 1 aromatic heterocycles. The highest BCUT2D eigenvalue weighted by atomic mass is 32.2. The lowest BCUT2D eigenvalue weighted by Gasteiger charge is -2.15. The average molecular weight is 423 g/mol. The molecule has 2 heterocycles. The Hall–Kier alpha value is -3.13. The van der Waals surface area contributed by atoms with Crippen molar-refractivity contribution in [3.63, 3.8) is 0 Å². The molecule has 2 bridgehead atoms. The van der Waals surface area contributed by atoms with E-state index in [0.29, 0.717) is 0 Å². The monoisotopic (exact) mass is 422 g/mol. The number of aromatic nitrogens is 3. The van der Waals surface area contributed by atoms with Gasteiger partial charge in [0.25, 0.3) is 0 Å². The van der Waals surface area contributed by atoms with Crippen LogP contribution in [0.4, 0.5) is 0 Å². The number of hydrogen-bond acceptors (Lipinski definition) is 4. The molecule has 154 valence electrons. The van der Waals surface area contributed by atoms with E-state index >= 15 is 0 Å². The predicted molar refractivity (Wildman–Crippen MR) is 117 cm³/mol. The van der Waals surface area contributed by atoms with Gasteiger partial charge in [-0.3, -0.25) is 0 Å². The smallest absolute Gasteiger partial charge is 0.248 e. The first-order valence-electron chi connectivity index (χ1n) is 9.85. The Kier molecular flexibility index (Phi) is 4.21. The van der Waals surface area contributed by atoms with Gasteiger partial charge in [-0.15, -0.1) is 9.15 Å². The molecule has 2 atom stereocenters. The SMILES string of the molecule is CS(C)(=O)=Nn1c(=O)n2n(c1=O)[C@H]1CC[C@@H]2C1=C(c1ccccc1)c1ccccc1. The largest absolute Gasteiger partial charge is 0.369 e. The fraction of sp³-hybridized carbons (Fsp3) is 0.273. The summed E-state index contributed by atoms with van der Waals surface area (Å²) in [6.45, 7) is 0. The van der Waals surface area contributed by atoms with Gasteiger partial charge in [-0.25, -0.2) is 23.2 Å². The Morgan fingerprint density at radius 1 is 0.833 bits per heavy atom. The number of hydrogen-bond donors (Lipinski definition) is 0. The van der Waals surface area contributed by atoms with Gasteiger partial charge in [0.15, 0.2) is 0 Å². The van der Waals surface area contributed by atoms with Crippen LogP contribution in [0.15, 0.2) is 80.3 Å². The molecule has 7 nitrogen and oxygen atoms in total. The Balaban J connectivity index is 1.79. The lowest BCUT2D eigenvalue weighted by Crippen LogP contribution is -2.28. The van der Waals surface area contributed by atoms with Gasteiger partial charge in [-0.2, -0.15) is 0 Å². The quantitative estimate of drug-likeness (QED) is 0.651. The zero-order valence-corrected chi connectivity index (χ0v) is 17.6. The summed E-state index contributed by atoms with van der Waals surface area (Å²) in [5.74, 6) is 0. The third-order valence-electron chi connectivity index (χ3n) is 5.70. The molecule has 0 N–H and O–H groups in total. The Bertz CT molecular complexity index is 1310. The van der Waals surface area contributed by atoms with Crippen molar-refractivity contribution >= 4 is 15.3 Å². The van der Waals surface area contributed by atoms with E-state index in [0.717, 1.165) is 39.8 Å². The van der Waals surface area contributed by atoms with Gasteiger partial charge < -0.3 is 0 Å². The summed E-state index contributed by atoms with van der Waals surface area (Å²) in [5.41, 5.74) is 3.22. The second-order valence-corrected chi connectivity index (χ2v) is 10.5. The van der Waals surface area contributed by atoms with Crippen LogP contribution < -0.4 is 11.4 Å². The Labute approximate surface area is 174 Å². The molecule has 0 unspecified atom stereocenters. The molecule has 0 radical (unpaired) electrons. The summed E-state index contributed by atoms with van der Waals surface area (Å²) < 4.78 is 19.8. The molecule has 2 aliphatic rings. The average Bonchev–Trinajstić information content (AvgIpc) is 3.35. The van der Waals surface area contributed by atoms with Crippen molar-refractivity contribution in [2.75, 3.05) is 12.5 Å². The lowest BCUT2D eigenvalue weighted by molar-refractivity contribution is 0.374. The van der Waals surface area contributed by atoms with E-state index in [1.165, 1.54) is 21.9 Å². The molecule has 1 aliphatic heterocycles. The maximum Gasteiger partial charge on any atom is 0.369 e. The molecule has 30 heavy (non-hydrogen) atoms. The highest BCUT2D eigenvalue weighted by Crippen LogP contribution is 2.51. The maximum atomic E-state index is 13.1. The summed E-state index contributed by atoms with van der Waals surface area (Å²) in [5, 5.41) is 0. The second-order valence-electron chi connectivity index (χ2n) is 8.00. The third-order valence-corrected chi connectivity index (χ3v) is 6.26. The van der Waals surface area contributed by atoms with Crippen LogP contribution in [0.2, 0.25) is 0 Å². The molecule has 3 aromatic rings. The van der Waals surface area contributed by atoms with Crippen LogP contribution in [0, 0.1) is 0 Å². The number of benzene rings is 2. The van der Waals surface area contributed by atoms with Crippen LogP contribution in [0.5, 0.6) is 0 Å². The molecule has 5 rings (SSSR count). The van der Waals surface area contributed by atoms with E-state index in [1.54, 1.807) is 0 Å². The van der Waals surface area contributed by atoms with Crippen molar-refractivity contribution in [2.45, 2.75) is 24.9 Å². The first kappa shape index (κ1) is 18.9. The first-order chi connectivity index (χ1) is 14.4. The molecule has 0 spiro atoms. The van der Waals surface area contributed by atoms with Crippen LogP contribution in [0.3, 0.4) is 0 Å². The molecule has 2 aromatic carbocycles. The molecular weight excluding hydrogens is 400 g/mol. The summed E-state index contributed by atoms with van der Waals surface area (Å²) in [6.07, 6.45) is 4.38. The number of rotatable bonds is 3. The van der Waals surface area contributed by atoms with Crippen LogP contribution in [0.25, 0.3) is 5.57 Å². The zero-order chi connectivity index (χ0) is 21.0. The van der Waals surface area contributed by atoms with Crippen LogP contribution in [0.1, 0.15) is 36.1 Å². The number of allylic oxidation sites excluding steroid dienone is 1. The summed E-state index contributed by atoms with van der Waals surface area (Å²) in [7, 11) is -2.64. The van der Waals surface area contributed by atoms with Crippen molar-refractivity contribution in [3.05, 3.63) is 98.3 Å². The fourth-order valence-corrected chi connectivity index (χ4v) is 5.23. The molecule has 0 amide bonds. The van der Waals surface area contributed by atoms with Gasteiger partial charge in [0, 0.05) is 12.5 Å². The van der Waals surface area contributed by atoms with Gasteiger partial charge >= 0.3 is 11.4 Å².